The van der Waals surface area contributed by atoms with E-state index in [0.717, 1.165) is 5.75 Å². The lowest BCUT2D eigenvalue weighted by Crippen LogP contribution is -2.06. The first-order chi connectivity index (χ1) is 8.16. The van der Waals surface area contributed by atoms with Crippen molar-refractivity contribution in [3.63, 3.8) is 0 Å². The quantitative estimate of drug-likeness (QED) is 0.821. The fourth-order valence-electron chi connectivity index (χ4n) is 1.49. The van der Waals surface area contributed by atoms with Gasteiger partial charge in [0.05, 0.1) is 6.10 Å². The van der Waals surface area contributed by atoms with Crippen LogP contribution in [0.5, 0.6) is 5.75 Å². The number of carbonyl (C=O) groups is 1. The number of rotatable bonds is 4. The van der Waals surface area contributed by atoms with Crippen LogP contribution in [0, 0.1) is 0 Å². The minimum absolute atomic E-state index is 0.0707. The van der Waals surface area contributed by atoms with Gasteiger partial charge in [-0.25, -0.2) is 0 Å². The van der Waals surface area contributed by atoms with Crippen molar-refractivity contribution in [3.8, 4) is 5.75 Å². The number of aromatic nitrogens is 2. The topological polar surface area (TPSA) is 55.0 Å². The first-order valence-electron chi connectivity index (χ1n) is 5.47. The molecule has 0 saturated heterocycles. The molecular weight excluding hydrogens is 216 g/mol. The SMILES string of the molecule is CC(C)Oc1ccc(C(=O)c2ccn[nH]2)cc1. The van der Waals surface area contributed by atoms with Gasteiger partial charge in [0.1, 0.15) is 11.4 Å². The summed E-state index contributed by atoms with van der Waals surface area (Å²) in [5.41, 5.74) is 1.10. The molecule has 0 aliphatic rings. The molecule has 0 fully saturated rings. The van der Waals surface area contributed by atoms with Crippen molar-refractivity contribution in [2.24, 2.45) is 0 Å². The molecule has 0 aliphatic carbocycles. The molecule has 0 radical (unpaired) electrons. The average Bonchev–Trinajstić information content (AvgIpc) is 2.82. The van der Waals surface area contributed by atoms with E-state index in [1.54, 1.807) is 36.5 Å². The molecule has 1 aromatic heterocycles. The van der Waals surface area contributed by atoms with Crippen molar-refractivity contribution in [2.45, 2.75) is 20.0 Å². The first-order valence-corrected chi connectivity index (χ1v) is 5.47. The van der Waals surface area contributed by atoms with Crippen molar-refractivity contribution in [1.29, 1.82) is 0 Å². The lowest BCUT2D eigenvalue weighted by atomic mass is 10.1. The molecule has 2 aromatic rings. The maximum Gasteiger partial charge on any atom is 0.210 e. The van der Waals surface area contributed by atoms with Crippen LogP contribution in [0.25, 0.3) is 0 Å². The highest BCUT2D eigenvalue weighted by atomic mass is 16.5. The Morgan fingerprint density at radius 2 is 1.94 bits per heavy atom. The van der Waals surface area contributed by atoms with Crippen LogP contribution in [0.15, 0.2) is 36.5 Å². The maximum atomic E-state index is 11.9. The van der Waals surface area contributed by atoms with Gasteiger partial charge in [-0.2, -0.15) is 5.10 Å². The standard InChI is InChI=1S/C13H14N2O2/c1-9(2)17-11-5-3-10(4-6-11)13(16)12-7-8-14-15-12/h3-9H,1-2H3,(H,14,15). The van der Waals surface area contributed by atoms with Crippen LogP contribution in [0.1, 0.15) is 29.9 Å². The van der Waals surface area contributed by atoms with Crippen molar-refractivity contribution in [2.75, 3.05) is 0 Å². The van der Waals surface area contributed by atoms with E-state index < -0.39 is 0 Å². The van der Waals surface area contributed by atoms with Gasteiger partial charge in [-0.3, -0.25) is 9.89 Å². The number of benzene rings is 1. The van der Waals surface area contributed by atoms with Crippen LogP contribution in [0.3, 0.4) is 0 Å². The monoisotopic (exact) mass is 230 g/mol. The van der Waals surface area contributed by atoms with Crippen LogP contribution in [-0.4, -0.2) is 22.1 Å². The summed E-state index contributed by atoms with van der Waals surface area (Å²) in [5.74, 6) is 0.694. The lowest BCUT2D eigenvalue weighted by Gasteiger charge is -2.09. The highest BCUT2D eigenvalue weighted by Crippen LogP contribution is 2.15. The summed E-state index contributed by atoms with van der Waals surface area (Å²) in [6.45, 7) is 3.92. The van der Waals surface area contributed by atoms with Gasteiger partial charge in [0.25, 0.3) is 0 Å². The van der Waals surface area contributed by atoms with E-state index in [4.69, 9.17) is 4.74 Å². The zero-order valence-corrected chi connectivity index (χ0v) is 9.81. The number of H-pyrrole nitrogens is 1. The Morgan fingerprint density at radius 1 is 1.24 bits per heavy atom. The number of ether oxygens (including phenoxy) is 1. The fraction of sp³-hybridized carbons (Fsp3) is 0.231. The van der Waals surface area contributed by atoms with Crippen molar-refractivity contribution < 1.29 is 9.53 Å². The Hall–Kier alpha value is -2.10. The predicted octanol–water partition coefficient (Wildman–Crippen LogP) is 2.43. The molecule has 4 heteroatoms. The van der Waals surface area contributed by atoms with E-state index in [-0.39, 0.29) is 11.9 Å². The molecule has 2 rings (SSSR count). The number of nitrogens with one attached hydrogen (secondary N) is 1. The molecule has 1 heterocycles. The van der Waals surface area contributed by atoms with E-state index in [1.165, 1.54) is 0 Å². The number of hydrogen-bond donors (Lipinski definition) is 1. The zero-order chi connectivity index (χ0) is 12.3. The van der Waals surface area contributed by atoms with Crippen LogP contribution in [0.2, 0.25) is 0 Å². The Labute approximate surface area is 99.6 Å². The first kappa shape index (κ1) is 11.4. The largest absolute Gasteiger partial charge is 0.491 e. The highest BCUT2D eigenvalue weighted by molar-refractivity contribution is 6.07. The van der Waals surface area contributed by atoms with E-state index in [9.17, 15) is 4.79 Å². The van der Waals surface area contributed by atoms with Crippen molar-refractivity contribution in [3.05, 3.63) is 47.8 Å². The smallest absolute Gasteiger partial charge is 0.210 e. The molecule has 0 spiro atoms. The summed E-state index contributed by atoms with van der Waals surface area (Å²) in [6.07, 6.45) is 1.69. The van der Waals surface area contributed by atoms with Crippen LogP contribution in [0.4, 0.5) is 0 Å². The number of nitrogens with zero attached hydrogens (tertiary/aromatic N) is 1. The molecule has 0 atom stereocenters. The molecule has 0 saturated carbocycles. The number of ketones is 1. The zero-order valence-electron chi connectivity index (χ0n) is 9.81. The Morgan fingerprint density at radius 3 is 2.47 bits per heavy atom. The lowest BCUT2D eigenvalue weighted by molar-refractivity contribution is 0.103. The van der Waals surface area contributed by atoms with Gasteiger partial charge in [-0.1, -0.05) is 0 Å². The highest BCUT2D eigenvalue weighted by Gasteiger charge is 2.10. The molecule has 17 heavy (non-hydrogen) atoms. The third-order valence-corrected chi connectivity index (χ3v) is 2.23. The van der Waals surface area contributed by atoms with Crippen molar-refractivity contribution >= 4 is 5.78 Å². The van der Waals surface area contributed by atoms with Crippen LogP contribution >= 0.6 is 0 Å². The van der Waals surface area contributed by atoms with Crippen molar-refractivity contribution in [1.82, 2.24) is 10.2 Å². The average molecular weight is 230 g/mol. The maximum absolute atomic E-state index is 11.9. The Bertz CT molecular complexity index is 487. The normalized spacial score (nSPS) is 10.5. The molecule has 0 unspecified atom stereocenters. The summed E-state index contributed by atoms with van der Waals surface area (Å²) in [6, 6.07) is 8.75. The molecule has 0 amide bonds. The number of aromatic amines is 1. The van der Waals surface area contributed by atoms with E-state index in [2.05, 4.69) is 10.2 Å². The van der Waals surface area contributed by atoms with Gasteiger partial charge in [-0.05, 0) is 44.2 Å². The van der Waals surface area contributed by atoms with Gasteiger partial charge in [0.15, 0.2) is 0 Å². The Balaban J connectivity index is 2.15. The van der Waals surface area contributed by atoms with Crippen LogP contribution < -0.4 is 4.74 Å². The molecular formula is C13H14N2O2. The minimum Gasteiger partial charge on any atom is -0.491 e. The summed E-state index contributed by atoms with van der Waals surface area (Å²) < 4.78 is 5.51. The molecule has 0 aliphatic heterocycles. The molecule has 0 bridgehead atoms. The van der Waals surface area contributed by atoms with E-state index in [1.807, 2.05) is 13.8 Å². The molecule has 1 aromatic carbocycles. The second kappa shape index (κ2) is 4.82. The second-order valence-electron chi connectivity index (χ2n) is 3.99. The molecule has 1 N–H and O–H groups in total. The molecule has 4 nitrogen and oxygen atoms in total. The van der Waals surface area contributed by atoms with E-state index >= 15 is 0 Å². The van der Waals surface area contributed by atoms with Gasteiger partial charge in [0.2, 0.25) is 5.78 Å². The summed E-state index contributed by atoms with van der Waals surface area (Å²) >= 11 is 0. The van der Waals surface area contributed by atoms with Gasteiger partial charge >= 0.3 is 0 Å². The van der Waals surface area contributed by atoms with Gasteiger partial charge < -0.3 is 4.74 Å². The number of carbonyl (C=O) groups excluding carboxylic acids is 1. The van der Waals surface area contributed by atoms with E-state index in [0.29, 0.717) is 11.3 Å². The third-order valence-electron chi connectivity index (χ3n) is 2.23. The second-order valence-corrected chi connectivity index (χ2v) is 3.99. The minimum atomic E-state index is -0.0707. The Kier molecular flexibility index (Phi) is 3.23. The third kappa shape index (κ3) is 2.72. The van der Waals surface area contributed by atoms with Crippen LogP contribution in [-0.2, 0) is 0 Å². The number of hydrogen-bond acceptors (Lipinski definition) is 3. The summed E-state index contributed by atoms with van der Waals surface area (Å²) in [5, 5.41) is 6.41. The summed E-state index contributed by atoms with van der Waals surface area (Å²) in [7, 11) is 0. The summed E-state index contributed by atoms with van der Waals surface area (Å²) in [4.78, 5) is 11.9. The fourth-order valence-corrected chi connectivity index (χ4v) is 1.49. The molecule has 88 valence electrons. The van der Waals surface area contributed by atoms with Gasteiger partial charge in [-0.15, -0.1) is 0 Å². The van der Waals surface area contributed by atoms with Gasteiger partial charge in [0, 0.05) is 11.8 Å². The predicted molar refractivity (Wildman–Crippen MR) is 64.2 cm³/mol.